The Kier molecular flexibility index (Phi) is 5.13. The molecule has 1 aromatic heterocycles. The van der Waals surface area contributed by atoms with Crippen molar-refractivity contribution in [3.63, 3.8) is 0 Å². The fourth-order valence-electron chi connectivity index (χ4n) is 2.73. The number of nitrogens with one attached hydrogen (secondary N) is 1. The SMILES string of the molecule is CC(=O)Nc1nnc(S(=O)(=O)N2CCN(C)C(c3ccccc3)C2)s1. The Bertz CT molecular complexity index is 853. The van der Waals surface area contributed by atoms with E-state index in [2.05, 4.69) is 20.4 Å². The Morgan fingerprint density at radius 1 is 1.24 bits per heavy atom. The standard InChI is InChI=1S/C15H19N5O3S2/c1-11(21)16-14-17-18-15(24-14)25(22,23)20-9-8-19(2)13(10-20)12-6-4-3-5-7-12/h3-7,13H,8-10H2,1-2H3,(H,16,17,21). The zero-order chi connectivity index (χ0) is 18.0. The van der Waals surface area contributed by atoms with Crippen LogP contribution in [0.4, 0.5) is 5.13 Å². The molecule has 1 aromatic carbocycles. The predicted octanol–water partition coefficient (Wildman–Crippen LogP) is 1.17. The number of nitrogens with zero attached hydrogens (tertiary/aromatic N) is 4. The number of likely N-dealkylation sites (N-methyl/N-ethyl adjacent to an activating group) is 1. The molecule has 0 spiro atoms. The second-order valence-corrected chi connectivity index (χ2v) is 8.91. The van der Waals surface area contributed by atoms with Crippen LogP contribution in [-0.2, 0) is 14.8 Å². The topological polar surface area (TPSA) is 95.5 Å². The Balaban J connectivity index is 1.82. The summed E-state index contributed by atoms with van der Waals surface area (Å²) in [7, 11) is -1.75. The third-order valence-electron chi connectivity index (χ3n) is 4.05. The Hall–Kier alpha value is -1.88. The summed E-state index contributed by atoms with van der Waals surface area (Å²) in [6, 6.07) is 9.80. The van der Waals surface area contributed by atoms with Gasteiger partial charge in [0.15, 0.2) is 0 Å². The van der Waals surface area contributed by atoms with Gasteiger partial charge in [0.25, 0.3) is 10.0 Å². The third-order valence-corrected chi connectivity index (χ3v) is 7.09. The molecule has 0 radical (unpaired) electrons. The molecule has 134 valence electrons. The van der Waals surface area contributed by atoms with Crippen LogP contribution in [-0.4, -0.2) is 60.4 Å². The van der Waals surface area contributed by atoms with E-state index in [9.17, 15) is 13.2 Å². The number of aromatic nitrogens is 2. The molecule has 8 nitrogen and oxygen atoms in total. The van der Waals surface area contributed by atoms with E-state index in [1.54, 1.807) is 0 Å². The maximum Gasteiger partial charge on any atom is 0.272 e. The second kappa shape index (κ2) is 7.16. The van der Waals surface area contributed by atoms with Crippen molar-refractivity contribution in [2.75, 3.05) is 32.0 Å². The molecule has 1 aliphatic heterocycles. The van der Waals surface area contributed by atoms with Gasteiger partial charge in [0, 0.05) is 32.6 Å². The summed E-state index contributed by atoms with van der Waals surface area (Å²) in [6.07, 6.45) is 0. The largest absolute Gasteiger partial charge is 0.301 e. The number of amides is 1. The Morgan fingerprint density at radius 2 is 1.96 bits per heavy atom. The van der Waals surface area contributed by atoms with Gasteiger partial charge in [-0.15, -0.1) is 10.2 Å². The van der Waals surface area contributed by atoms with E-state index in [1.165, 1.54) is 11.2 Å². The van der Waals surface area contributed by atoms with Crippen molar-refractivity contribution in [2.24, 2.45) is 0 Å². The molecule has 1 aliphatic rings. The quantitative estimate of drug-likeness (QED) is 0.799. The van der Waals surface area contributed by atoms with E-state index in [0.717, 1.165) is 16.9 Å². The average molecular weight is 381 g/mol. The smallest absolute Gasteiger partial charge is 0.272 e. The molecule has 0 bridgehead atoms. The molecule has 1 unspecified atom stereocenters. The molecule has 1 fully saturated rings. The molecule has 10 heteroatoms. The van der Waals surface area contributed by atoms with Gasteiger partial charge in [-0.05, 0) is 12.6 Å². The van der Waals surface area contributed by atoms with Gasteiger partial charge < -0.3 is 5.32 Å². The maximum atomic E-state index is 12.9. The van der Waals surface area contributed by atoms with E-state index in [1.807, 2.05) is 37.4 Å². The summed E-state index contributed by atoms with van der Waals surface area (Å²) in [6.45, 7) is 2.69. The van der Waals surface area contributed by atoms with Gasteiger partial charge in [-0.1, -0.05) is 41.7 Å². The van der Waals surface area contributed by atoms with Gasteiger partial charge in [0.1, 0.15) is 0 Å². The lowest BCUT2D eigenvalue weighted by Crippen LogP contribution is -2.48. The molecule has 2 heterocycles. The van der Waals surface area contributed by atoms with Gasteiger partial charge >= 0.3 is 0 Å². The number of rotatable bonds is 4. The number of carbonyl (C=O) groups excluding carboxylic acids is 1. The van der Waals surface area contributed by atoms with Crippen molar-refractivity contribution in [3.8, 4) is 0 Å². The summed E-state index contributed by atoms with van der Waals surface area (Å²) in [5, 5.41) is 10.1. The van der Waals surface area contributed by atoms with Gasteiger partial charge in [-0.25, -0.2) is 8.42 Å². The van der Waals surface area contributed by atoms with Crippen LogP contribution in [0.5, 0.6) is 0 Å². The molecular formula is C15H19N5O3S2. The minimum atomic E-state index is -3.74. The van der Waals surface area contributed by atoms with Crippen molar-refractivity contribution in [2.45, 2.75) is 17.3 Å². The van der Waals surface area contributed by atoms with Crippen LogP contribution < -0.4 is 5.32 Å². The molecular weight excluding hydrogens is 362 g/mol. The number of benzene rings is 1. The number of piperazine rings is 1. The molecule has 0 aliphatic carbocycles. The van der Waals surface area contributed by atoms with Crippen molar-refractivity contribution < 1.29 is 13.2 Å². The lowest BCUT2D eigenvalue weighted by Gasteiger charge is -2.38. The van der Waals surface area contributed by atoms with E-state index in [4.69, 9.17) is 0 Å². The number of anilines is 1. The fourth-order valence-corrected chi connectivity index (χ4v) is 5.25. The van der Waals surface area contributed by atoms with Crippen molar-refractivity contribution in [1.82, 2.24) is 19.4 Å². The first-order chi connectivity index (χ1) is 11.9. The monoisotopic (exact) mass is 381 g/mol. The maximum absolute atomic E-state index is 12.9. The van der Waals surface area contributed by atoms with Gasteiger partial charge in [-0.3, -0.25) is 9.69 Å². The van der Waals surface area contributed by atoms with Gasteiger partial charge in [0.05, 0.1) is 0 Å². The lowest BCUT2D eigenvalue weighted by atomic mass is 10.0. The highest BCUT2D eigenvalue weighted by atomic mass is 32.2. The molecule has 1 N–H and O–H groups in total. The summed E-state index contributed by atoms with van der Waals surface area (Å²) in [5.74, 6) is -0.316. The lowest BCUT2D eigenvalue weighted by molar-refractivity contribution is -0.114. The minimum absolute atomic E-state index is 0.0209. The Morgan fingerprint density at radius 3 is 2.64 bits per heavy atom. The highest BCUT2D eigenvalue weighted by Crippen LogP contribution is 2.29. The highest BCUT2D eigenvalue weighted by Gasteiger charge is 2.35. The van der Waals surface area contributed by atoms with E-state index >= 15 is 0 Å². The minimum Gasteiger partial charge on any atom is -0.301 e. The number of hydrogen-bond acceptors (Lipinski definition) is 7. The molecule has 1 atom stereocenters. The van der Waals surface area contributed by atoms with E-state index in [-0.39, 0.29) is 21.4 Å². The van der Waals surface area contributed by atoms with Gasteiger partial charge in [0.2, 0.25) is 15.4 Å². The van der Waals surface area contributed by atoms with Crippen LogP contribution in [0.25, 0.3) is 0 Å². The van der Waals surface area contributed by atoms with Crippen LogP contribution in [0.3, 0.4) is 0 Å². The van der Waals surface area contributed by atoms with Crippen molar-refractivity contribution >= 4 is 32.4 Å². The summed E-state index contributed by atoms with van der Waals surface area (Å²) < 4.78 is 27.1. The van der Waals surface area contributed by atoms with Crippen LogP contribution >= 0.6 is 11.3 Å². The zero-order valence-electron chi connectivity index (χ0n) is 13.9. The third kappa shape index (κ3) is 3.87. The van der Waals surface area contributed by atoms with Crippen LogP contribution in [0.2, 0.25) is 0 Å². The zero-order valence-corrected chi connectivity index (χ0v) is 15.5. The Labute approximate surface area is 150 Å². The summed E-state index contributed by atoms with van der Waals surface area (Å²) >= 11 is 0.862. The van der Waals surface area contributed by atoms with Gasteiger partial charge in [-0.2, -0.15) is 4.31 Å². The fraction of sp³-hybridized carbons (Fsp3) is 0.400. The van der Waals surface area contributed by atoms with E-state index < -0.39 is 10.0 Å². The first-order valence-corrected chi connectivity index (χ1v) is 10.00. The average Bonchev–Trinajstić information content (AvgIpc) is 3.04. The molecule has 1 amide bonds. The first kappa shape index (κ1) is 17.9. The second-order valence-electron chi connectivity index (χ2n) is 5.82. The van der Waals surface area contributed by atoms with Crippen molar-refractivity contribution in [1.29, 1.82) is 0 Å². The highest BCUT2D eigenvalue weighted by molar-refractivity contribution is 7.91. The number of carbonyl (C=O) groups is 1. The summed E-state index contributed by atoms with van der Waals surface area (Å²) in [5.41, 5.74) is 1.07. The molecule has 25 heavy (non-hydrogen) atoms. The predicted molar refractivity (Wildman–Crippen MR) is 94.8 cm³/mol. The van der Waals surface area contributed by atoms with E-state index in [0.29, 0.717) is 19.6 Å². The first-order valence-electron chi connectivity index (χ1n) is 7.74. The van der Waals surface area contributed by atoms with Crippen LogP contribution in [0.1, 0.15) is 18.5 Å². The molecule has 3 rings (SSSR count). The molecule has 2 aromatic rings. The summed E-state index contributed by atoms with van der Waals surface area (Å²) in [4.78, 5) is 13.2. The molecule has 0 saturated carbocycles. The molecule has 1 saturated heterocycles. The van der Waals surface area contributed by atoms with Crippen molar-refractivity contribution in [3.05, 3.63) is 35.9 Å². The number of sulfonamides is 1. The van der Waals surface area contributed by atoms with Crippen LogP contribution in [0, 0.1) is 0 Å². The normalized spacial score (nSPS) is 19.7. The van der Waals surface area contributed by atoms with Crippen LogP contribution in [0.15, 0.2) is 34.7 Å². The number of hydrogen-bond donors (Lipinski definition) is 1.